The summed E-state index contributed by atoms with van der Waals surface area (Å²) in [6.07, 6.45) is 0. The summed E-state index contributed by atoms with van der Waals surface area (Å²) in [6, 6.07) is 0. The largest absolute Gasteiger partial charge is 0.224 e. The highest BCUT2D eigenvalue weighted by molar-refractivity contribution is 7.99. The fourth-order valence-corrected chi connectivity index (χ4v) is 1.79. The third kappa shape index (κ3) is 2.67. The van der Waals surface area contributed by atoms with Crippen molar-refractivity contribution >= 4 is 24.4 Å². The van der Waals surface area contributed by atoms with Crippen LogP contribution in [0, 0.1) is 5.92 Å². The molecular weight excluding hydrogens is 192 g/mol. The number of aromatic nitrogens is 4. The molecule has 6 heteroatoms. The van der Waals surface area contributed by atoms with Gasteiger partial charge in [-0.2, -0.15) is 12.6 Å². The molecule has 1 aromatic heterocycles. The number of nitrogens with zero attached hydrogens (tertiary/aromatic N) is 4. The van der Waals surface area contributed by atoms with E-state index in [1.165, 1.54) is 0 Å². The van der Waals surface area contributed by atoms with Gasteiger partial charge in [0.2, 0.25) is 5.16 Å². The lowest BCUT2D eigenvalue weighted by atomic mass is 10.3. The molecule has 0 fully saturated rings. The standard InChI is InChI=1S/C6H12N4S2/c1-5(3-11)4-12-6-7-8-9-10(6)2/h5,11H,3-4H2,1-2H3. The number of hydrogen-bond acceptors (Lipinski definition) is 5. The van der Waals surface area contributed by atoms with E-state index in [0.29, 0.717) is 5.92 Å². The molecule has 1 aromatic rings. The van der Waals surface area contributed by atoms with Crippen LogP contribution in [-0.2, 0) is 7.05 Å². The molecule has 0 bridgehead atoms. The average Bonchev–Trinajstić information content (AvgIpc) is 2.47. The first-order valence-corrected chi connectivity index (χ1v) is 5.32. The predicted molar refractivity (Wildman–Crippen MR) is 52.5 cm³/mol. The molecule has 12 heavy (non-hydrogen) atoms. The van der Waals surface area contributed by atoms with E-state index in [1.807, 2.05) is 7.05 Å². The number of rotatable bonds is 4. The van der Waals surface area contributed by atoms with E-state index in [4.69, 9.17) is 0 Å². The third-order valence-corrected chi connectivity index (χ3v) is 3.35. The van der Waals surface area contributed by atoms with E-state index in [1.54, 1.807) is 16.4 Å². The summed E-state index contributed by atoms with van der Waals surface area (Å²) >= 11 is 5.87. The quantitative estimate of drug-likeness (QED) is 0.584. The summed E-state index contributed by atoms with van der Waals surface area (Å²) in [5.74, 6) is 2.51. The third-order valence-electron chi connectivity index (χ3n) is 1.39. The minimum absolute atomic E-state index is 0.593. The molecule has 68 valence electrons. The van der Waals surface area contributed by atoms with Crippen molar-refractivity contribution in [1.29, 1.82) is 0 Å². The summed E-state index contributed by atoms with van der Waals surface area (Å²) in [5.41, 5.74) is 0. The average molecular weight is 204 g/mol. The highest BCUT2D eigenvalue weighted by atomic mass is 32.2. The summed E-state index contributed by atoms with van der Waals surface area (Å²) < 4.78 is 1.68. The van der Waals surface area contributed by atoms with Gasteiger partial charge in [0.1, 0.15) is 0 Å². The normalized spacial score (nSPS) is 13.2. The first kappa shape index (κ1) is 9.85. The van der Waals surface area contributed by atoms with E-state index in [9.17, 15) is 0 Å². The van der Waals surface area contributed by atoms with Gasteiger partial charge in [0.25, 0.3) is 0 Å². The van der Waals surface area contributed by atoms with E-state index >= 15 is 0 Å². The SMILES string of the molecule is CC(CS)CSc1nnnn1C. The maximum absolute atomic E-state index is 4.20. The molecule has 0 spiro atoms. The molecule has 0 aliphatic rings. The molecule has 1 atom stereocenters. The number of tetrazole rings is 1. The second kappa shape index (κ2) is 4.71. The Bertz CT molecular complexity index is 237. The van der Waals surface area contributed by atoms with Crippen molar-refractivity contribution in [2.45, 2.75) is 12.1 Å². The topological polar surface area (TPSA) is 43.6 Å². The van der Waals surface area contributed by atoms with Gasteiger partial charge in [-0.05, 0) is 22.1 Å². The Morgan fingerprint density at radius 3 is 2.92 bits per heavy atom. The second-order valence-corrected chi connectivity index (χ2v) is 4.04. The van der Waals surface area contributed by atoms with Crippen LogP contribution in [-0.4, -0.2) is 31.7 Å². The van der Waals surface area contributed by atoms with Crippen LogP contribution in [0.2, 0.25) is 0 Å². The molecule has 1 heterocycles. The zero-order valence-electron chi connectivity index (χ0n) is 7.14. The Labute approximate surface area is 81.5 Å². The molecule has 1 unspecified atom stereocenters. The molecule has 0 N–H and O–H groups in total. The van der Waals surface area contributed by atoms with Gasteiger partial charge >= 0.3 is 0 Å². The van der Waals surface area contributed by atoms with Crippen molar-refractivity contribution in [2.24, 2.45) is 13.0 Å². The molecule has 0 radical (unpaired) electrons. The van der Waals surface area contributed by atoms with Gasteiger partial charge in [-0.15, -0.1) is 5.10 Å². The van der Waals surface area contributed by atoms with Crippen LogP contribution in [0.1, 0.15) is 6.92 Å². The van der Waals surface area contributed by atoms with E-state index < -0.39 is 0 Å². The van der Waals surface area contributed by atoms with Crippen LogP contribution in [0.15, 0.2) is 5.16 Å². The number of hydrogen-bond donors (Lipinski definition) is 1. The number of thiol groups is 1. The maximum Gasteiger partial charge on any atom is 0.209 e. The van der Waals surface area contributed by atoms with Crippen LogP contribution < -0.4 is 0 Å². The summed E-state index contributed by atoms with van der Waals surface area (Å²) in [4.78, 5) is 0. The van der Waals surface area contributed by atoms with Gasteiger partial charge in [-0.25, -0.2) is 4.68 Å². The number of thioether (sulfide) groups is 1. The van der Waals surface area contributed by atoms with E-state index in [0.717, 1.165) is 16.7 Å². The summed E-state index contributed by atoms with van der Waals surface area (Å²) in [6.45, 7) is 2.16. The Morgan fingerprint density at radius 2 is 2.42 bits per heavy atom. The highest BCUT2D eigenvalue weighted by Gasteiger charge is 2.05. The molecule has 4 nitrogen and oxygen atoms in total. The van der Waals surface area contributed by atoms with Crippen molar-refractivity contribution in [2.75, 3.05) is 11.5 Å². The van der Waals surface area contributed by atoms with Gasteiger partial charge in [-0.1, -0.05) is 18.7 Å². The molecule has 0 aromatic carbocycles. The van der Waals surface area contributed by atoms with Crippen LogP contribution >= 0.6 is 24.4 Å². The van der Waals surface area contributed by atoms with Crippen molar-refractivity contribution in [3.8, 4) is 0 Å². The zero-order chi connectivity index (χ0) is 8.97. The van der Waals surface area contributed by atoms with E-state index in [2.05, 4.69) is 35.1 Å². The van der Waals surface area contributed by atoms with Crippen molar-refractivity contribution in [3.05, 3.63) is 0 Å². The predicted octanol–water partition coefficient (Wildman–Crippen LogP) is 0.868. The van der Waals surface area contributed by atoms with Crippen molar-refractivity contribution < 1.29 is 0 Å². The first-order valence-electron chi connectivity index (χ1n) is 3.70. The molecule has 0 aliphatic heterocycles. The van der Waals surface area contributed by atoms with Crippen LogP contribution in [0.4, 0.5) is 0 Å². The Kier molecular flexibility index (Phi) is 3.87. The molecule has 0 saturated heterocycles. The van der Waals surface area contributed by atoms with Gasteiger partial charge in [0.15, 0.2) is 0 Å². The second-order valence-electron chi connectivity index (χ2n) is 2.68. The van der Waals surface area contributed by atoms with Crippen LogP contribution in [0.5, 0.6) is 0 Å². The molecule has 0 amide bonds. The molecule has 0 aliphatic carbocycles. The molecular formula is C6H12N4S2. The lowest BCUT2D eigenvalue weighted by Gasteiger charge is -2.04. The number of aryl methyl sites for hydroxylation is 1. The highest BCUT2D eigenvalue weighted by Crippen LogP contribution is 2.16. The van der Waals surface area contributed by atoms with Gasteiger partial charge in [0.05, 0.1) is 0 Å². The Balaban J connectivity index is 2.38. The zero-order valence-corrected chi connectivity index (χ0v) is 8.85. The minimum Gasteiger partial charge on any atom is -0.224 e. The van der Waals surface area contributed by atoms with Crippen LogP contribution in [0.3, 0.4) is 0 Å². The smallest absolute Gasteiger partial charge is 0.209 e. The van der Waals surface area contributed by atoms with Crippen molar-refractivity contribution in [1.82, 2.24) is 20.2 Å². The van der Waals surface area contributed by atoms with Crippen molar-refractivity contribution in [3.63, 3.8) is 0 Å². The monoisotopic (exact) mass is 204 g/mol. The lowest BCUT2D eigenvalue weighted by Crippen LogP contribution is -2.01. The maximum atomic E-state index is 4.20. The van der Waals surface area contributed by atoms with E-state index in [-0.39, 0.29) is 0 Å². The van der Waals surface area contributed by atoms with Gasteiger partial charge in [0, 0.05) is 12.8 Å². The lowest BCUT2D eigenvalue weighted by molar-refractivity contribution is 0.662. The summed E-state index contributed by atoms with van der Waals surface area (Å²) in [7, 11) is 1.84. The minimum atomic E-state index is 0.593. The first-order chi connectivity index (χ1) is 5.74. The van der Waals surface area contributed by atoms with Gasteiger partial charge < -0.3 is 0 Å². The molecule has 1 rings (SSSR count). The Morgan fingerprint density at radius 1 is 1.67 bits per heavy atom. The van der Waals surface area contributed by atoms with Gasteiger partial charge in [-0.3, -0.25) is 0 Å². The summed E-state index contributed by atoms with van der Waals surface area (Å²) in [5, 5.41) is 12.0. The fourth-order valence-electron chi connectivity index (χ4n) is 0.613. The molecule has 0 saturated carbocycles. The Hall–Kier alpha value is -0.230. The fraction of sp³-hybridized carbons (Fsp3) is 0.833. The van der Waals surface area contributed by atoms with Crippen LogP contribution in [0.25, 0.3) is 0 Å².